The number of amides is 1. The highest BCUT2D eigenvalue weighted by Gasteiger charge is 2.47. The molecule has 0 radical (unpaired) electrons. The first-order chi connectivity index (χ1) is 17.0. The maximum atomic E-state index is 13.3. The highest BCUT2D eigenvalue weighted by atomic mass is 16.7. The van der Waals surface area contributed by atoms with E-state index in [1.54, 1.807) is 0 Å². The van der Waals surface area contributed by atoms with E-state index in [-0.39, 0.29) is 30.7 Å². The summed E-state index contributed by atoms with van der Waals surface area (Å²) in [5.41, 5.74) is 7.90. The van der Waals surface area contributed by atoms with Gasteiger partial charge in [-0.05, 0) is 36.5 Å². The molecular weight excluding hydrogens is 450 g/mol. The lowest BCUT2D eigenvalue weighted by Crippen LogP contribution is -2.45. The lowest BCUT2D eigenvalue weighted by molar-refractivity contribution is -0.144. The van der Waals surface area contributed by atoms with E-state index in [1.165, 1.54) is 0 Å². The second-order valence-electron chi connectivity index (χ2n) is 9.70. The second kappa shape index (κ2) is 12.2. The maximum absolute atomic E-state index is 13.3. The van der Waals surface area contributed by atoms with Gasteiger partial charge in [0.05, 0.1) is 32.3 Å². The number of rotatable bonds is 12. The summed E-state index contributed by atoms with van der Waals surface area (Å²) in [5.74, 6) is -0.770. The SMILES string of the molecule is CCCCN(CCN)C(=O)CN1C[C@H](c2ccc3c(c2)CCO3)C(C(=O)O)[C@@H]1CCC1OCCO1. The molecule has 3 aliphatic heterocycles. The summed E-state index contributed by atoms with van der Waals surface area (Å²) in [4.78, 5) is 29.8. The molecule has 2 fully saturated rings. The summed E-state index contributed by atoms with van der Waals surface area (Å²) in [7, 11) is 0. The summed E-state index contributed by atoms with van der Waals surface area (Å²) >= 11 is 0. The third kappa shape index (κ3) is 6.14. The van der Waals surface area contributed by atoms with Crippen LogP contribution in [0.1, 0.15) is 49.7 Å². The minimum absolute atomic E-state index is 0.00871. The van der Waals surface area contributed by atoms with Gasteiger partial charge in [-0.1, -0.05) is 25.5 Å². The van der Waals surface area contributed by atoms with Crippen LogP contribution in [-0.2, 0) is 25.5 Å². The molecule has 0 spiro atoms. The van der Waals surface area contributed by atoms with Crippen molar-refractivity contribution in [3.05, 3.63) is 29.3 Å². The number of nitrogens with zero attached hydrogens (tertiary/aromatic N) is 2. The molecule has 3 atom stereocenters. The third-order valence-electron chi connectivity index (χ3n) is 7.44. The van der Waals surface area contributed by atoms with Crippen LogP contribution in [-0.4, -0.2) is 91.7 Å². The second-order valence-corrected chi connectivity index (χ2v) is 9.70. The number of nitrogens with two attached hydrogens (primary N) is 1. The molecule has 1 amide bonds. The summed E-state index contributed by atoms with van der Waals surface area (Å²) in [6.45, 7) is 6.18. The fourth-order valence-electron chi connectivity index (χ4n) is 5.65. The number of fused-ring (bicyclic) bond motifs is 1. The molecule has 3 N–H and O–H groups in total. The van der Waals surface area contributed by atoms with Gasteiger partial charge in [0, 0.05) is 44.6 Å². The van der Waals surface area contributed by atoms with E-state index in [0.29, 0.717) is 58.8 Å². The molecule has 0 aromatic heterocycles. The van der Waals surface area contributed by atoms with Crippen molar-refractivity contribution in [1.29, 1.82) is 0 Å². The zero-order valence-electron chi connectivity index (χ0n) is 20.7. The number of likely N-dealkylation sites (tertiary alicyclic amines) is 1. The van der Waals surface area contributed by atoms with E-state index in [4.69, 9.17) is 19.9 Å². The van der Waals surface area contributed by atoms with Gasteiger partial charge in [-0.3, -0.25) is 14.5 Å². The molecular formula is C26H39N3O6. The Morgan fingerprint density at radius 3 is 2.69 bits per heavy atom. The topological polar surface area (TPSA) is 115 Å². The molecule has 1 unspecified atom stereocenters. The van der Waals surface area contributed by atoms with Crippen LogP contribution in [0.25, 0.3) is 0 Å². The van der Waals surface area contributed by atoms with Gasteiger partial charge in [0.15, 0.2) is 6.29 Å². The van der Waals surface area contributed by atoms with Crippen molar-refractivity contribution in [2.45, 2.75) is 57.3 Å². The van der Waals surface area contributed by atoms with Crippen molar-refractivity contribution in [3.8, 4) is 5.75 Å². The van der Waals surface area contributed by atoms with Crippen LogP contribution >= 0.6 is 0 Å². The van der Waals surface area contributed by atoms with E-state index in [0.717, 1.165) is 36.1 Å². The number of hydrogen-bond acceptors (Lipinski definition) is 7. The van der Waals surface area contributed by atoms with Gasteiger partial charge in [-0.15, -0.1) is 0 Å². The minimum Gasteiger partial charge on any atom is -0.493 e. The van der Waals surface area contributed by atoms with E-state index < -0.39 is 11.9 Å². The van der Waals surface area contributed by atoms with Gasteiger partial charge in [0.2, 0.25) is 5.91 Å². The zero-order chi connectivity index (χ0) is 24.8. The highest BCUT2D eigenvalue weighted by Crippen LogP contribution is 2.41. The molecule has 0 saturated carbocycles. The molecule has 1 aromatic carbocycles. The number of unbranched alkanes of at least 4 members (excludes halogenated alkanes) is 1. The van der Waals surface area contributed by atoms with E-state index in [1.807, 2.05) is 17.0 Å². The fourth-order valence-corrected chi connectivity index (χ4v) is 5.65. The van der Waals surface area contributed by atoms with Crippen molar-refractivity contribution in [2.24, 2.45) is 11.7 Å². The Bertz CT molecular complexity index is 875. The quantitative estimate of drug-likeness (QED) is 0.457. The summed E-state index contributed by atoms with van der Waals surface area (Å²) < 4.78 is 16.9. The van der Waals surface area contributed by atoms with Crippen molar-refractivity contribution in [2.75, 3.05) is 52.5 Å². The number of benzene rings is 1. The molecule has 9 nitrogen and oxygen atoms in total. The lowest BCUT2D eigenvalue weighted by Gasteiger charge is -2.30. The molecule has 0 bridgehead atoms. The summed E-state index contributed by atoms with van der Waals surface area (Å²) in [6, 6.07) is 5.74. The van der Waals surface area contributed by atoms with E-state index in [2.05, 4.69) is 17.9 Å². The van der Waals surface area contributed by atoms with Crippen LogP contribution in [0.2, 0.25) is 0 Å². The minimum atomic E-state index is -0.829. The van der Waals surface area contributed by atoms with Gasteiger partial charge in [0.1, 0.15) is 5.75 Å². The molecule has 3 aliphatic rings. The fraction of sp³-hybridized carbons (Fsp3) is 0.692. The monoisotopic (exact) mass is 489 g/mol. The Balaban J connectivity index is 1.56. The number of carboxylic acids is 1. The number of ether oxygens (including phenoxy) is 3. The standard InChI is InChI=1S/C26H39N3O6/c1-2-3-10-28(11-9-27)23(30)17-29-16-20(18-4-6-22-19(15-18)8-12-33-22)25(26(31)32)21(29)5-7-24-34-13-14-35-24/h4,6,15,20-21,24-25H,2-3,5,7-14,16-17,27H2,1H3,(H,31,32)/t20-,21+,25?/m1/s1. The molecule has 3 heterocycles. The number of aliphatic carboxylic acids is 1. The molecule has 2 saturated heterocycles. The average molecular weight is 490 g/mol. The van der Waals surface area contributed by atoms with Crippen molar-refractivity contribution < 1.29 is 28.9 Å². The first kappa shape index (κ1) is 25.9. The molecule has 194 valence electrons. The Kier molecular flexibility index (Phi) is 8.99. The van der Waals surface area contributed by atoms with Crippen molar-refractivity contribution >= 4 is 11.9 Å². The van der Waals surface area contributed by atoms with Crippen molar-refractivity contribution in [1.82, 2.24) is 9.80 Å². The predicted octanol–water partition coefficient (Wildman–Crippen LogP) is 1.83. The maximum Gasteiger partial charge on any atom is 0.308 e. The van der Waals surface area contributed by atoms with E-state index >= 15 is 0 Å². The van der Waals surface area contributed by atoms with Crippen LogP contribution in [0.4, 0.5) is 0 Å². The molecule has 35 heavy (non-hydrogen) atoms. The number of carbonyl (C=O) groups excluding carboxylic acids is 1. The zero-order valence-corrected chi connectivity index (χ0v) is 20.7. The first-order valence-corrected chi connectivity index (χ1v) is 12.9. The predicted molar refractivity (Wildman–Crippen MR) is 130 cm³/mol. The Hall–Kier alpha value is -2.20. The number of carboxylic acid groups (broad SMARTS) is 1. The normalized spacial score (nSPS) is 24.5. The van der Waals surface area contributed by atoms with Crippen molar-refractivity contribution in [3.63, 3.8) is 0 Å². The molecule has 4 rings (SSSR count). The Labute approximate surface area is 207 Å². The van der Waals surface area contributed by atoms with Gasteiger partial charge < -0.3 is 30.0 Å². The first-order valence-electron chi connectivity index (χ1n) is 12.9. The average Bonchev–Trinajstić information content (AvgIpc) is 3.59. The van der Waals surface area contributed by atoms with Crippen LogP contribution in [0.3, 0.4) is 0 Å². The lowest BCUT2D eigenvalue weighted by atomic mass is 9.83. The number of hydrogen-bond donors (Lipinski definition) is 2. The molecule has 1 aromatic rings. The van der Waals surface area contributed by atoms with Gasteiger partial charge in [-0.2, -0.15) is 0 Å². The Morgan fingerprint density at radius 2 is 1.97 bits per heavy atom. The van der Waals surface area contributed by atoms with E-state index in [9.17, 15) is 14.7 Å². The number of carbonyl (C=O) groups is 2. The third-order valence-corrected chi connectivity index (χ3v) is 7.44. The summed E-state index contributed by atoms with van der Waals surface area (Å²) in [6.07, 6.45) is 3.63. The summed E-state index contributed by atoms with van der Waals surface area (Å²) in [5, 5.41) is 10.3. The van der Waals surface area contributed by atoms with Crippen LogP contribution in [0.5, 0.6) is 5.75 Å². The largest absolute Gasteiger partial charge is 0.493 e. The van der Waals surface area contributed by atoms with Gasteiger partial charge >= 0.3 is 5.97 Å². The van der Waals surface area contributed by atoms with Gasteiger partial charge in [-0.25, -0.2) is 0 Å². The molecule has 9 heteroatoms. The highest BCUT2D eigenvalue weighted by molar-refractivity contribution is 5.79. The van der Waals surface area contributed by atoms with Crippen LogP contribution in [0.15, 0.2) is 18.2 Å². The molecule has 0 aliphatic carbocycles. The smallest absolute Gasteiger partial charge is 0.308 e. The van der Waals surface area contributed by atoms with Gasteiger partial charge in [0.25, 0.3) is 0 Å². The van der Waals surface area contributed by atoms with Crippen LogP contribution < -0.4 is 10.5 Å². The van der Waals surface area contributed by atoms with Crippen LogP contribution in [0, 0.1) is 5.92 Å². The Morgan fingerprint density at radius 1 is 1.17 bits per heavy atom.